The summed E-state index contributed by atoms with van der Waals surface area (Å²) in [5.74, 6) is -2.52. The standard InChI is InChI=1S/C24H33NO11/c1-14(27)25-21-23(35-17(4)30)22(34-16(3)29)20(13-31-15(2)28)36-24(21)33-12-19(10-26)32-11-18-8-6-5-7-9-18/h5-9,19-24,26H,10-13H2,1-4H3,(H,25,27)/t19?,20-,21+,22-,23-,24-/m1/s1. The van der Waals surface area contributed by atoms with Crippen molar-refractivity contribution in [2.24, 2.45) is 0 Å². The van der Waals surface area contributed by atoms with E-state index in [2.05, 4.69) is 5.32 Å². The van der Waals surface area contributed by atoms with Gasteiger partial charge in [0, 0.05) is 27.7 Å². The van der Waals surface area contributed by atoms with E-state index in [-0.39, 0.29) is 26.4 Å². The molecule has 1 heterocycles. The Morgan fingerprint density at radius 1 is 0.972 bits per heavy atom. The minimum Gasteiger partial charge on any atom is -0.463 e. The first-order chi connectivity index (χ1) is 17.1. The van der Waals surface area contributed by atoms with Crippen LogP contribution in [-0.2, 0) is 54.2 Å². The topological polar surface area (TPSA) is 156 Å². The lowest BCUT2D eigenvalue weighted by atomic mass is 9.96. The lowest BCUT2D eigenvalue weighted by molar-refractivity contribution is -0.283. The lowest BCUT2D eigenvalue weighted by Crippen LogP contribution is -2.66. The molecule has 1 aliphatic heterocycles. The van der Waals surface area contributed by atoms with Gasteiger partial charge >= 0.3 is 17.9 Å². The number of aliphatic hydroxyl groups excluding tert-OH is 1. The molecule has 12 heteroatoms. The lowest BCUT2D eigenvalue weighted by Gasteiger charge is -2.45. The highest BCUT2D eigenvalue weighted by Gasteiger charge is 2.51. The van der Waals surface area contributed by atoms with Gasteiger partial charge in [-0.25, -0.2) is 0 Å². The highest BCUT2D eigenvalue weighted by atomic mass is 16.7. The van der Waals surface area contributed by atoms with Gasteiger partial charge < -0.3 is 38.8 Å². The molecular formula is C24H33NO11. The molecule has 0 saturated carbocycles. The van der Waals surface area contributed by atoms with Gasteiger partial charge in [0.05, 0.1) is 19.8 Å². The molecule has 36 heavy (non-hydrogen) atoms. The number of benzene rings is 1. The van der Waals surface area contributed by atoms with Crippen molar-refractivity contribution in [2.75, 3.05) is 19.8 Å². The molecule has 0 spiro atoms. The second kappa shape index (κ2) is 14.5. The van der Waals surface area contributed by atoms with Gasteiger partial charge in [0.25, 0.3) is 0 Å². The molecule has 1 fully saturated rings. The average Bonchev–Trinajstić information content (AvgIpc) is 2.81. The predicted octanol–water partition coefficient (Wildman–Crippen LogP) is 0.237. The van der Waals surface area contributed by atoms with E-state index in [4.69, 9.17) is 28.4 Å². The van der Waals surface area contributed by atoms with E-state index < -0.39 is 60.6 Å². The van der Waals surface area contributed by atoms with Gasteiger partial charge in [-0.2, -0.15) is 0 Å². The highest BCUT2D eigenvalue weighted by molar-refractivity contribution is 5.73. The van der Waals surface area contributed by atoms with E-state index in [0.29, 0.717) is 0 Å². The fourth-order valence-corrected chi connectivity index (χ4v) is 3.58. The largest absolute Gasteiger partial charge is 0.463 e. The number of nitrogens with one attached hydrogen (secondary N) is 1. The molecule has 0 radical (unpaired) electrons. The normalized spacial score (nSPS) is 24.3. The monoisotopic (exact) mass is 511 g/mol. The second-order valence-corrected chi connectivity index (χ2v) is 8.15. The Balaban J connectivity index is 2.24. The smallest absolute Gasteiger partial charge is 0.303 e. The van der Waals surface area contributed by atoms with Crippen molar-refractivity contribution in [2.45, 2.75) is 71.0 Å². The van der Waals surface area contributed by atoms with Crippen LogP contribution in [0.4, 0.5) is 0 Å². The van der Waals surface area contributed by atoms with Crippen LogP contribution in [0.25, 0.3) is 0 Å². The summed E-state index contributed by atoms with van der Waals surface area (Å²) < 4.78 is 33.3. The molecule has 2 rings (SSSR count). The van der Waals surface area contributed by atoms with E-state index in [0.717, 1.165) is 19.4 Å². The third kappa shape index (κ3) is 9.53. The van der Waals surface area contributed by atoms with Gasteiger partial charge in [0.15, 0.2) is 18.5 Å². The molecule has 1 aliphatic rings. The first-order valence-corrected chi connectivity index (χ1v) is 11.4. The first kappa shape index (κ1) is 29.2. The predicted molar refractivity (Wildman–Crippen MR) is 122 cm³/mol. The summed E-state index contributed by atoms with van der Waals surface area (Å²) in [4.78, 5) is 47.1. The third-order valence-corrected chi connectivity index (χ3v) is 5.05. The van der Waals surface area contributed by atoms with Crippen LogP contribution in [-0.4, -0.2) is 85.5 Å². The maximum atomic E-state index is 12.0. The molecule has 1 unspecified atom stereocenters. The number of ether oxygens (including phenoxy) is 6. The van der Waals surface area contributed by atoms with Crippen molar-refractivity contribution < 1.29 is 52.7 Å². The van der Waals surface area contributed by atoms with E-state index in [1.807, 2.05) is 30.3 Å². The molecule has 200 valence electrons. The minimum absolute atomic E-state index is 0.157. The third-order valence-electron chi connectivity index (χ3n) is 5.05. The number of amides is 1. The molecule has 1 saturated heterocycles. The van der Waals surface area contributed by atoms with Crippen LogP contribution in [0.5, 0.6) is 0 Å². The number of aliphatic hydroxyl groups is 1. The molecular weight excluding hydrogens is 478 g/mol. The number of esters is 3. The van der Waals surface area contributed by atoms with Crippen molar-refractivity contribution in [3.8, 4) is 0 Å². The number of hydrogen-bond acceptors (Lipinski definition) is 11. The quantitative estimate of drug-likeness (QED) is 0.293. The van der Waals surface area contributed by atoms with Crippen LogP contribution in [0.3, 0.4) is 0 Å². The minimum atomic E-state index is -1.24. The summed E-state index contributed by atoms with van der Waals surface area (Å²) in [5, 5.41) is 12.4. The van der Waals surface area contributed by atoms with Crippen molar-refractivity contribution in [1.82, 2.24) is 5.32 Å². The van der Waals surface area contributed by atoms with Crippen LogP contribution < -0.4 is 5.32 Å². The van der Waals surface area contributed by atoms with Crippen molar-refractivity contribution in [3.63, 3.8) is 0 Å². The van der Waals surface area contributed by atoms with Crippen molar-refractivity contribution >= 4 is 23.8 Å². The Kier molecular flexibility index (Phi) is 11.7. The van der Waals surface area contributed by atoms with Gasteiger partial charge in [0.1, 0.15) is 24.9 Å². The number of carbonyl (C=O) groups excluding carboxylic acids is 4. The highest BCUT2D eigenvalue weighted by Crippen LogP contribution is 2.28. The summed E-state index contributed by atoms with van der Waals surface area (Å²) in [6.07, 6.45) is -5.52. The van der Waals surface area contributed by atoms with Gasteiger partial charge in [-0.3, -0.25) is 19.2 Å². The summed E-state index contributed by atoms with van der Waals surface area (Å²) in [6.45, 7) is 4.09. The molecule has 6 atom stereocenters. The zero-order valence-corrected chi connectivity index (χ0v) is 20.7. The van der Waals surface area contributed by atoms with Crippen molar-refractivity contribution in [1.29, 1.82) is 0 Å². The zero-order chi connectivity index (χ0) is 26.7. The van der Waals surface area contributed by atoms with E-state index >= 15 is 0 Å². The fraction of sp³-hybridized carbons (Fsp3) is 0.583. The maximum absolute atomic E-state index is 12.0. The molecule has 0 aromatic heterocycles. The van der Waals surface area contributed by atoms with Crippen LogP contribution in [0, 0.1) is 0 Å². The van der Waals surface area contributed by atoms with Crippen LogP contribution in [0.1, 0.15) is 33.3 Å². The van der Waals surface area contributed by atoms with E-state index in [1.165, 1.54) is 13.8 Å². The average molecular weight is 512 g/mol. The summed E-state index contributed by atoms with van der Waals surface area (Å²) in [7, 11) is 0. The number of rotatable bonds is 12. The summed E-state index contributed by atoms with van der Waals surface area (Å²) in [6, 6.07) is 8.21. The van der Waals surface area contributed by atoms with Gasteiger partial charge in [-0.15, -0.1) is 0 Å². The molecule has 0 bridgehead atoms. The second-order valence-electron chi connectivity index (χ2n) is 8.15. The number of carbonyl (C=O) groups is 4. The SMILES string of the molecule is CC(=O)N[C@@H]1[C@H](OCC(CO)OCc2ccccc2)O[C@H](COC(C)=O)[C@@H](OC(C)=O)[C@@H]1OC(C)=O. The van der Waals surface area contributed by atoms with Gasteiger partial charge in [0.2, 0.25) is 5.91 Å². The molecule has 1 aromatic carbocycles. The molecule has 2 N–H and O–H groups in total. The molecule has 1 aromatic rings. The summed E-state index contributed by atoms with van der Waals surface area (Å²) >= 11 is 0. The molecule has 0 aliphatic carbocycles. The van der Waals surface area contributed by atoms with Crippen molar-refractivity contribution in [3.05, 3.63) is 35.9 Å². The van der Waals surface area contributed by atoms with Gasteiger partial charge in [-0.05, 0) is 5.56 Å². The van der Waals surface area contributed by atoms with Crippen LogP contribution in [0.15, 0.2) is 30.3 Å². The number of hydrogen-bond donors (Lipinski definition) is 2. The summed E-state index contributed by atoms with van der Waals surface area (Å²) in [5.41, 5.74) is 0.890. The van der Waals surface area contributed by atoms with Crippen LogP contribution in [0.2, 0.25) is 0 Å². The Bertz CT molecular complexity index is 878. The van der Waals surface area contributed by atoms with Crippen LogP contribution >= 0.6 is 0 Å². The molecule has 12 nitrogen and oxygen atoms in total. The Labute approximate surface area is 209 Å². The van der Waals surface area contributed by atoms with E-state index in [1.54, 1.807) is 0 Å². The Hall–Kier alpha value is -3.06. The fourth-order valence-electron chi connectivity index (χ4n) is 3.58. The Morgan fingerprint density at radius 3 is 2.17 bits per heavy atom. The van der Waals surface area contributed by atoms with Gasteiger partial charge in [-0.1, -0.05) is 30.3 Å². The Morgan fingerprint density at radius 2 is 1.61 bits per heavy atom. The van der Waals surface area contributed by atoms with E-state index in [9.17, 15) is 24.3 Å². The zero-order valence-electron chi connectivity index (χ0n) is 20.7. The maximum Gasteiger partial charge on any atom is 0.303 e. The first-order valence-electron chi connectivity index (χ1n) is 11.4. The molecule has 1 amide bonds.